The zero-order valence-electron chi connectivity index (χ0n) is 20.4. The van der Waals surface area contributed by atoms with Gasteiger partial charge in [0.15, 0.2) is 11.6 Å². The second-order valence-electron chi connectivity index (χ2n) is 9.00. The first kappa shape index (κ1) is 27.0. The van der Waals surface area contributed by atoms with E-state index in [1.807, 2.05) is 30.3 Å². The molecule has 9 heteroatoms. The Bertz CT molecular complexity index is 1270. The minimum atomic E-state index is -1.06. The highest BCUT2D eigenvalue weighted by Gasteiger charge is 2.27. The van der Waals surface area contributed by atoms with E-state index in [4.69, 9.17) is 23.2 Å². The molecule has 0 atom stereocenters. The van der Waals surface area contributed by atoms with Gasteiger partial charge >= 0.3 is 0 Å². The summed E-state index contributed by atoms with van der Waals surface area (Å²) < 4.78 is 28.7. The maximum Gasteiger partial charge on any atom is 0.257 e. The second-order valence-corrected chi connectivity index (χ2v) is 9.82. The van der Waals surface area contributed by atoms with Crippen molar-refractivity contribution < 1.29 is 18.4 Å². The van der Waals surface area contributed by atoms with Crippen LogP contribution in [0.2, 0.25) is 10.0 Å². The number of halogens is 4. The highest BCUT2D eigenvalue weighted by Crippen LogP contribution is 2.30. The Balaban J connectivity index is 1.75. The topological polar surface area (TPSA) is 43.9 Å². The summed E-state index contributed by atoms with van der Waals surface area (Å²) in [6.07, 6.45) is 0.606. The van der Waals surface area contributed by atoms with Gasteiger partial charge in [-0.15, -0.1) is 0 Å². The summed E-state index contributed by atoms with van der Waals surface area (Å²) in [6, 6.07) is 16.8. The molecule has 0 saturated carbocycles. The molecule has 2 amide bonds. The number of nitrogens with zero attached hydrogens (tertiary/aromatic N) is 3. The van der Waals surface area contributed by atoms with Crippen LogP contribution in [0.3, 0.4) is 0 Å². The molecule has 0 fully saturated rings. The van der Waals surface area contributed by atoms with Crippen molar-refractivity contribution in [1.29, 1.82) is 0 Å². The lowest BCUT2D eigenvalue weighted by molar-refractivity contribution is -0.116. The fourth-order valence-corrected chi connectivity index (χ4v) is 5.11. The first-order chi connectivity index (χ1) is 17.7. The lowest BCUT2D eigenvalue weighted by Crippen LogP contribution is -2.38. The van der Waals surface area contributed by atoms with Crippen LogP contribution in [-0.2, 0) is 17.9 Å². The number of hydrogen-bond donors (Lipinski definition) is 0. The maximum atomic E-state index is 14.4. The minimum Gasteiger partial charge on any atom is -0.333 e. The summed E-state index contributed by atoms with van der Waals surface area (Å²) in [6.45, 7) is 3.73. The second kappa shape index (κ2) is 12.0. The van der Waals surface area contributed by atoms with Crippen LogP contribution < -0.4 is 4.90 Å². The molecule has 0 spiro atoms. The monoisotopic (exact) mass is 545 g/mol. The van der Waals surface area contributed by atoms with Crippen molar-refractivity contribution in [3.05, 3.63) is 99.0 Å². The van der Waals surface area contributed by atoms with E-state index in [9.17, 15) is 18.4 Å². The summed E-state index contributed by atoms with van der Waals surface area (Å²) >= 11 is 12.7. The van der Waals surface area contributed by atoms with Gasteiger partial charge in [-0.3, -0.25) is 14.5 Å². The fourth-order valence-electron chi connectivity index (χ4n) is 4.55. The van der Waals surface area contributed by atoms with E-state index in [0.29, 0.717) is 38.2 Å². The molecular weight excluding hydrogens is 519 g/mol. The Kier molecular flexibility index (Phi) is 8.79. The number of amides is 2. The van der Waals surface area contributed by atoms with Gasteiger partial charge in [0.1, 0.15) is 0 Å². The number of rotatable bonds is 3. The Morgan fingerprint density at radius 2 is 1.54 bits per heavy atom. The molecule has 0 radical (unpaired) electrons. The summed E-state index contributed by atoms with van der Waals surface area (Å²) in [5.74, 6) is -2.84. The van der Waals surface area contributed by atoms with Crippen LogP contribution in [0.5, 0.6) is 0 Å². The van der Waals surface area contributed by atoms with Gasteiger partial charge in [-0.05, 0) is 35.7 Å². The van der Waals surface area contributed by atoms with Crippen molar-refractivity contribution in [2.75, 3.05) is 31.1 Å². The third-order valence-electron chi connectivity index (χ3n) is 6.41. The van der Waals surface area contributed by atoms with Crippen LogP contribution in [0, 0.1) is 11.6 Å². The molecule has 194 valence electrons. The zero-order chi connectivity index (χ0) is 26.5. The van der Waals surface area contributed by atoms with E-state index in [0.717, 1.165) is 17.7 Å². The number of benzene rings is 3. The maximum absolute atomic E-state index is 14.4. The number of carbonyl (C=O) groups excluding carboxylic acids is 2. The molecule has 0 saturated heterocycles. The predicted octanol–water partition coefficient (Wildman–Crippen LogP) is 6.17. The highest BCUT2D eigenvalue weighted by atomic mass is 35.5. The van der Waals surface area contributed by atoms with E-state index >= 15 is 0 Å². The Hall–Kier alpha value is -3.00. The Labute approximate surface area is 225 Å². The largest absolute Gasteiger partial charge is 0.333 e. The van der Waals surface area contributed by atoms with Crippen LogP contribution in [0.25, 0.3) is 0 Å². The van der Waals surface area contributed by atoms with Gasteiger partial charge in [0.25, 0.3) is 5.91 Å². The summed E-state index contributed by atoms with van der Waals surface area (Å²) in [4.78, 5) is 31.5. The van der Waals surface area contributed by atoms with Crippen LogP contribution in [0.15, 0.2) is 60.7 Å². The lowest BCUT2D eigenvalue weighted by atomic mass is 10.1. The van der Waals surface area contributed by atoms with Crippen molar-refractivity contribution in [2.45, 2.75) is 26.4 Å². The highest BCUT2D eigenvalue weighted by molar-refractivity contribution is 6.39. The van der Waals surface area contributed by atoms with Crippen LogP contribution in [0.1, 0.15) is 34.8 Å². The summed E-state index contributed by atoms with van der Waals surface area (Å²) in [5, 5.41) is 0.396. The molecular formula is C28H27Cl2F2N3O2. The Morgan fingerprint density at radius 3 is 2.22 bits per heavy atom. The number of anilines is 1. The molecule has 0 aromatic heterocycles. The molecule has 3 aromatic carbocycles. The van der Waals surface area contributed by atoms with Gasteiger partial charge in [-0.2, -0.15) is 0 Å². The molecule has 0 unspecified atom stereocenters. The average molecular weight is 546 g/mol. The minimum absolute atomic E-state index is 0.0596. The van der Waals surface area contributed by atoms with E-state index in [1.54, 1.807) is 18.2 Å². The summed E-state index contributed by atoms with van der Waals surface area (Å²) in [5.41, 5.74) is 1.82. The quantitative estimate of drug-likeness (QED) is 0.395. The average Bonchev–Trinajstić information content (AvgIpc) is 2.89. The molecule has 1 aliphatic rings. The van der Waals surface area contributed by atoms with Gasteiger partial charge in [0.05, 0.1) is 21.3 Å². The van der Waals surface area contributed by atoms with Crippen LogP contribution >= 0.6 is 23.2 Å². The standard InChI is InChI=1S/C28H27Cl2F2N3O2/c1-19(36)35-12-6-11-33(17-20-7-3-2-4-8-20)13-14-34(18-21-15-24(31)25(32)16-26(21)35)28(37)27-22(29)9-5-10-23(27)30/h2-5,7-10,15-16H,6,11-14,17-18H2,1H3. The van der Waals surface area contributed by atoms with Crippen molar-refractivity contribution >= 4 is 40.7 Å². The number of carbonyl (C=O) groups is 2. The van der Waals surface area contributed by atoms with Crippen molar-refractivity contribution in [3.8, 4) is 0 Å². The molecule has 4 rings (SSSR count). The third kappa shape index (κ3) is 6.47. The summed E-state index contributed by atoms with van der Waals surface area (Å²) in [7, 11) is 0. The predicted molar refractivity (Wildman–Crippen MR) is 142 cm³/mol. The van der Waals surface area contributed by atoms with E-state index in [2.05, 4.69) is 4.90 Å². The number of hydrogen-bond acceptors (Lipinski definition) is 3. The molecule has 5 nitrogen and oxygen atoms in total. The Morgan fingerprint density at radius 1 is 0.865 bits per heavy atom. The lowest BCUT2D eigenvalue weighted by Gasteiger charge is -2.28. The van der Waals surface area contributed by atoms with Crippen molar-refractivity contribution in [1.82, 2.24) is 9.80 Å². The fraction of sp³-hybridized carbons (Fsp3) is 0.286. The van der Waals surface area contributed by atoms with Crippen molar-refractivity contribution in [3.63, 3.8) is 0 Å². The van der Waals surface area contributed by atoms with Gasteiger partial charge in [0, 0.05) is 52.3 Å². The van der Waals surface area contributed by atoms with Gasteiger partial charge < -0.3 is 9.80 Å². The SMILES string of the molecule is CC(=O)N1CCCN(Cc2ccccc2)CCN(C(=O)c2c(Cl)cccc2Cl)Cc2cc(F)c(F)cc21. The van der Waals surface area contributed by atoms with Crippen LogP contribution in [-0.4, -0.2) is 47.8 Å². The molecule has 1 heterocycles. The van der Waals surface area contributed by atoms with Gasteiger partial charge in [0.2, 0.25) is 5.91 Å². The van der Waals surface area contributed by atoms with Crippen molar-refractivity contribution in [2.24, 2.45) is 0 Å². The molecule has 0 aliphatic carbocycles. The van der Waals surface area contributed by atoms with E-state index < -0.39 is 17.5 Å². The first-order valence-corrected chi connectivity index (χ1v) is 12.8. The van der Waals surface area contributed by atoms with E-state index in [-0.39, 0.29) is 40.3 Å². The number of fused-ring (bicyclic) bond motifs is 1. The molecule has 3 aromatic rings. The van der Waals surface area contributed by atoms with Gasteiger partial charge in [-0.1, -0.05) is 59.6 Å². The smallest absolute Gasteiger partial charge is 0.257 e. The molecule has 37 heavy (non-hydrogen) atoms. The van der Waals surface area contributed by atoms with E-state index in [1.165, 1.54) is 16.7 Å². The van der Waals surface area contributed by atoms with Gasteiger partial charge in [-0.25, -0.2) is 8.78 Å². The molecule has 0 N–H and O–H groups in total. The molecule has 1 aliphatic heterocycles. The first-order valence-electron chi connectivity index (χ1n) is 12.0. The molecule has 0 bridgehead atoms. The third-order valence-corrected chi connectivity index (χ3v) is 7.04. The van der Waals surface area contributed by atoms with Crippen LogP contribution in [0.4, 0.5) is 14.5 Å². The normalized spacial score (nSPS) is 15.2. The zero-order valence-corrected chi connectivity index (χ0v) is 21.9.